The van der Waals surface area contributed by atoms with Crippen LogP contribution in [-0.4, -0.2) is 70.6 Å². The van der Waals surface area contributed by atoms with Gasteiger partial charge in [-0.2, -0.15) is 4.98 Å². The number of benzene rings is 1. The van der Waals surface area contributed by atoms with Gasteiger partial charge < -0.3 is 29.1 Å². The van der Waals surface area contributed by atoms with E-state index >= 15 is 0 Å². The molecule has 0 radical (unpaired) electrons. The molecule has 2 aromatic heterocycles. The topological polar surface area (TPSA) is 119 Å². The first-order valence-electron chi connectivity index (χ1n) is 16.6. The minimum atomic E-state index is -0.708. The van der Waals surface area contributed by atoms with E-state index in [4.69, 9.17) is 14.0 Å². The number of nitrogens with one attached hydrogen (secondary N) is 1. The highest BCUT2D eigenvalue weighted by atomic mass is 19.1. The maximum absolute atomic E-state index is 14.8. The number of hydrogen-bond acceptors (Lipinski definition) is 10. The van der Waals surface area contributed by atoms with E-state index in [9.17, 15) is 13.6 Å². The Morgan fingerprint density at radius 1 is 1.06 bits per heavy atom. The number of halogens is 2. The molecule has 2 aliphatic heterocycles. The molecule has 2 fully saturated rings. The number of alkyl carbamates (subject to hydrolysis) is 1. The molecule has 47 heavy (non-hydrogen) atoms. The number of nitrogens with zero attached hydrogens (tertiary/aromatic N) is 6. The molecule has 3 aromatic rings. The number of aromatic nitrogens is 4. The van der Waals surface area contributed by atoms with Crippen LogP contribution in [0.2, 0.25) is 0 Å². The molecule has 0 unspecified atom stereocenters. The molecule has 256 valence electrons. The Labute approximate surface area is 275 Å². The normalized spacial score (nSPS) is 19.9. The fourth-order valence-electron chi connectivity index (χ4n) is 6.30. The molecule has 1 N–H and O–H groups in total. The molecule has 1 amide bonds. The molecule has 2 saturated heterocycles. The Morgan fingerprint density at radius 2 is 1.77 bits per heavy atom. The Kier molecular flexibility index (Phi) is 10.8. The SMILES string of the molecule is CC(C)c1noc(N2CCC([C@H](C)CCOc3cnc(N4CC[C@H](c5cc(F)ccc5F)[C@@H](NC(=O)OC(C)(C)C)C4)nc3)CC2)n1. The summed E-state index contributed by atoms with van der Waals surface area (Å²) in [5.74, 6) is 1.61. The van der Waals surface area contributed by atoms with Crippen molar-refractivity contribution in [1.82, 2.24) is 25.4 Å². The van der Waals surface area contributed by atoms with Crippen molar-refractivity contribution >= 4 is 18.1 Å². The van der Waals surface area contributed by atoms with Gasteiger partial charge >= 0.3 is 12.1 Å². The average Bonchev–Trinajstić information content (AvgIpc) is 3.53. The molecule has 5 rings (SSSR count). The second kappa shape index (κ2) is 14.8. The molecule has 13 heteroatoms. The zero-order chi connectivity index (χ0) is 33.7. The van der Waals surface area contributed by atoms with Crippen molar-refractivity contribution in [2.24, 2.45) is 11.8 Å². The van der Waals surface area contributed by atoms with Gasteiger partial charge in [0.25, 0.3) is 0 Å². The third-order valence-electron chi connectivity index (χ3n) is 8.97. The zero-order valence-corrected chi connectivity index (χ0v) is 28.2. The van der Waals surface area contributed by atoms with Crippen LogP contribution in [-0.2, 0) is 4.74 Å². The van der Waals surface area contributed by atoms with Crippen molar-refractivity contribution in [2.45, 2.75) is 90.7 Å². The van der Waals surface area contributed by atoms with Crippen LogP contribution in [0.1, 0.15) is 90.4 Å². The number of anilines is 2. The highest BCUT2D eigenvalue weighted by molar-refractivity contribution is 5.68. The number of amides is 1. The summed E-state index contributed by atoms with van der Waals surface area (Å²) in [5, 5.41) is 6.97. The summed E-state index contributed by atoms with van der Waals surface area (Å²) >= 11 is 0. The monoisotopic (exact) mass is 655 g/mol. The van der Waals surface area contributed by atoms with Crippen molar-refractivity contribution < 1.29 is 27.6 Å². The average molecular weight is 656 g/mol. The van der Waals surface area contributed by atoms with Gasteiger partial charge in [-0.3, -0.25) is 0 Å². The fraction of sp³-hybridized carbons (Fsp3) is 0.618. The summed E-state index contributed by atoms with van der Waals surface area (Å²) < 4.78 is 45.8. The van der Waals surface area contributed by atoms with E-state index in [1.165, 1.54) is 6.07 Å². The van der Waals surface area contributed by atoms with Crippen LogP contribution in [0.4, 0.5) is 25.5 Å². The Balaban J connectivity index is 1.12. The van der Waals surface area contributed by atoms with Crippen molar-refractivity contribution in [3.05, 3.63) is 53.6 Å². The first kappa shape index (κ1) is 34.3. The number of rotatable bonds is 10. The molecule has 2 aliphatic rings. The maximum atomic E-state index is 14.8. The Morgan fingerprint density at radius 3 is 2.43 bits per heavy atom. The fourth-order valence-corrected chi connectivity index (χ4v) is 6.30. The molecule has 4 heterocycles. The number of hydrogen-bond donors (Lipinski definition) is 1. The van der Waals surface area contributed by atoms with Crippen LogP contribution in [0.15, 0.2) is 35.1 Å². The quantitative estimate of drug-likeness (QED) is 0.260. The van der Waals surface area contributed by atoms with Gasteiger partial charge in [0, 0.05) is 38.0 Å². The molecule has 1 aromatic carbocycles. The van der Waals surface area contributed by atoms with Crippen LogP contribution in [0.3, 0.4) is 0 Å². The lowest BCUT2D eigenvalue weighted by atomic mass is 9.84. The van der Waals surface area contributed by atoms with Gasteiger partial charge in [0.1, 0.15) is 17.2 Å². The van der Waals surface area contributed by atoms with Crippen molar-refractivity contribution in [3.63, 3.8) is 0 Å². The van der Waals surface area contributed by atoms with Gasteiger partial charge in [-0.15, -0.1) is 0 Å². The predicted molar refractivity (Wildman–Crippen MR) is 174 cm³/mol. The summed E-state index contributed by atoms with van der Waals surface area (Å²) in [6.07, 6.45) is 6.16. The van der Waals surface area contributed by atoms with Gasteiger partial charge in [-0.25, -0.2) is 23.5 Å². The summed E-state index contributed by atoms with van der Waals surface area (Å²) in [6, 6.07) is 3.46. The minimum absolute atomic E-state index is 0.224. The Hall–Kier alpha value is -4.03. The van der Waals surface area contributed by atoms with E-state index in [1.54, 1.807) is 33.2 Å². The molecule has 11 nitrogen and oxygen atoms in total. The molecule has 3 atom stereocenters. The predicted octanol–water partition coefficient (Wildman–Crippen LogP) is 6.47. The van der Waals surface area contributed by atoms with Crippen molar-refractivity contribution in [2.75, 3.05) is 42.6 Å². The highest BCUT2D eigenvalue weighted by Crippen LogP contribution is 2.33. The van der Waals surface area contributed by atoms with Gasteiger partial charge in [0.15, 0.2) is 11.6 Å². The smallest absolute Gasteiger partial charge is 0.407 e. The first-order valence-corrected chi connectivity index (χ1v) is 16.6. The van der Waals surface area contributed by atoms with Crippen LogP contribution >= 0.6 is 0 Å². The van der Waals surface area contributed by atoms with E-state index in [0.29, 0.717) is 55.7 Å². The number of ether oxygens (including phenoxy) is 2. The molecule has 0 bridgehead atoms. The van der Waals surface area contributed by atoms with Crippen LogP contribution in [0, 0.1) is 23.5 Å². The van der Waals surface area contributed by atoms with E-state index in [2.05, 4.69) is 51.1 Å². The highest BCUT2D eigenvalue weighted by Gasteiger charge is 2.35. The number of carbonyl (C=O) groups is 1. The van der Waals surface area contributed by atoms with Crippen LogP contribution in [0.25, 0.3) is 0 Å². The third kappa shape index (κ3) is 9.07. The van der Waals surface area contributed by atoms with Gasteiger partial charge in [0.2, 0.25) is 5.95 Å². The third-order valence-corrected chi connectivity index (χ3v) is 8.97. The summed E-state index contributed by atoms with van der Waals surface area (Å²) in [6.45, 7) is 14.8. The van der Waals surface area contributed by atoms with E-state index in [-0.39, 0.29) is 11.5 Å². The second-order valence-electron chi connectivity index (χ2n) is 14.0. The van der Waals surface area contributed by atoms with E-state index in [1.807, 2.05) is 4.90 Å². The second-order valence-corrected chi connectivity index (χ2v) is 14.0. The lowest BCUT2D eigenvalue weighted by Crippen LogP contribution is -2.53. The zero-order valence-electron chi connectivity index (χ0n) is 28.2. The molecule has 0 saturated carbocycles. The lowest BCUT2D eigenvalue weighted by molar-refractivity contribution is 0.0492. The molecular weight excluding hydrogens is 608 g/mol. The Bertz CT molecular complexity index is 1470. The standard InChI is InChI=1S/C34H47F2N7O4/c1-21(2)30-40-32(47-41-30)42-13-9-23(10-14-42)22(3)12-16-45-25-18-37-31(38-19-25)43-15-11-26(27-17-24(35)7-8-28(27)36)29(20-43)39-33(44)46-34(4,5)6/h7-8,17-19,21-23,26,29H,9-16,20H2,1-6H3,(H,39,44)/t22-,26-,29+/m1/s1. The summed E-state index contributed by atoms with van der Waals surface area (Å²) in [7, 11) is 0. The largest absolute Gasteiger partial charge is 0.490 e. The van der Waals surface area contributed by atoms with Gasteiger partial charge in [-0.05, 0) is 82.1 Å². The maximum Gasteiger partial charge on any atom is 0.407 e. The summed E-state index contributed by atoms with van der Waals surface area (Å²) in [4.78, 5) is 30.4. The first-order chi connectivity index (χ1) is 22.4. The summed E-state index contributed by atoms with van der Waals surface area (Å²) in [5.41, 5.74) is -0.484. The lowest BCUT2D eigenvalue weighted by Gasteiger charge is -2.39. The minimum Gasteiger partial charge on any atom is -0.490 e. The van der Waals surface area contributed by atoms with E-state index < -0.39 is 35.3 Å². The van der Waals surface area contributed by atoms with E-state index in [0.717, 1.165) is 50.3 Å². The van der Waals surface area contributed by atoms with Crippen LogP contribution < -0.4 is 19.9 Å². The van der Waals surface area contributed by atoms with Gasteiger partial charge in [-0.1, -0.05) is 25.9 Å². The van der Waals surface area contributed by atoms with Gasteiger partial charge in [0.05, 0.1) is 25.0 Å². The molecular formula is C34H47F2N7O4. The van der Waals surface area contributed by atoms with Crippen molar-refractivity contribution in [1.29, 1.82) is 0 Å². The number of carbonyl (C=O) groups excluding carboxylic acids is 1. The molecule has 0 aliphatic carbocycles. The molecule has 0 spiro atoms. The van der Waals surface area contributed by atoms with Crippen molar-refractivity contribution in [3.8, 4) is 5.75 Å². The van der Waals surface area contributed by atoms with Crippen LogP contribution in [0.5, 0.6) is 5.75 Å². The number of piperidine rings is 2.